The average molecular weight is 177 g/mol. The summed E-state index contributed by atoms with van der Waals surface area (Å²) in [6.07, 6.45) is 1.32. The van der Waals surface area contributed by atoms with E-state index < -0.39 is 0 Å². The van der Waals surface area contributed by atoms with Crippen LogP contribution in [0.15, 0.2) is 12.1 Å². The first-order valence-corrected chi connectivity index (χ1v) is 3.95. The van der Waals surface area contributed by atoms with Crippen molar-refractivity contribution in [3.63, 3.8) is 0 Å². The van der Waals surface area contributed by atoms with Crippen LogP contribution in [0.5, 0.6) is 0 Å². The van der Waals surface area contributed by atoms with Gasteiger partial charge in [-0.3, -0.25) is 9.59 Å². The fourth-order valence-corrected chi connectivity index (χ4v) is 1.35. The molecule has 0 radical (unpaired) electrons. The van der Waals surface area contributed by atoms with E-state index >= 15 is 0 Å². The van der Waals surface area contributed by atoms with Crippen LogP contribution in [0.2, 0.25) is 0 Å². The van der Waals surface area contributed by atoms with Gasteiger partial charge in [-0.05, 0) is 25.5 Å². The third-order valence-electron chi connectivity index (χ3n) is 1.84. The van der Waals surface area contributed by atoms with E-state index in [0.717, 1.165) is 17.4 Å². The Labute approximate surface area is 76.8 Å². The summed E-state index contributed by atoms with van der Waals surface area (Å²) in [5.74, 6) is 0. The highest BCUT2D eigenvalue weighted by molar-refractivity contribution is 5.90. The molecule has 0 unspecified atom stereocenters. The molecule has 1 aromatic carbocycles. The number of hydrogen-bond acceptors (Lipinski definition) is 2. The summed E-state index contributed by atoms with van der Waals surface area (Å²) in [6.45, 7) is 3.76. The minimum atomic E-state index is 0.518. The Morgan fingerprint density at radius 3 is 2.46 bits per heavy atom. The molecule has 1 N–H and O–H groups in total. The maximum Gasteiger partial charge on any atom is 0.211 e. The number of aldehydes is 1. The van der Waals surface area contributed by atoms with E-state index in [4.69, 9.17) is 0 Å². The van der Waals surface area contributed by atoms with Gasteiger partial charge in [0.25, 0.3) is 0 Å². The molecule has 3 nitrogen and oxygen atoms in total. The zero-order chi connectivity index (χ0) is 9.84. The Balaban J connectivity index is 3.28. The summed E-state index contributed by atoms with van der Waals surface area (Å²) in [5, 5.41) is 2.51. The second-order valence-electron chi connectivity index (χ2n) is 2.93. The van der Waals surface area contributed by atoms with E-state index in [-0.39, 0.29) is 0 Å². The first kappa shape index (κ1) is 9.45. The lowest BCUT2D eigenvalue weighted by Gasteiger charge is -2.07. The van der Waals surface area contributed by atoms with Crippen molar-refractivity contribution in [1.29, 1.82) is 0 Å². The number of amides is 1. The predicted molar refractivity (Wildman–Crippen MR) is 51.0 cm³/mol. The van der Waals surface area contributed by atoms with Crippen molar-refractivity contribution in [1.82, 2.24) is 0 Å². The number of carbonyl (C=O) groups is 2. The van der Waals surface area contributed by atoms with Crippen LogP contribution in [0.3, 0.4) is 0 Å². The standard InChI is InChI=1S/C10H11NO2/c1-7-3-8(2)10(11-6-13)9(4-7)5-12/h3-6H,1-2H3,(H,11,13). The summed E-state index contributed by atoms with van der Waals surface area (Å²) >= 11 is 0. The number of aryl methyl sites for hydroxylation is 2. The van der Waals surface area contributed by atoms with E-state index in [0.29, 0.717) is 17.7 Å². The smallest absolute Gasteiger partial charge is 0.211 e. The first-order valence-electron chi connectivity index (χ1n) is 3.95. The van der Waals surface area contributed by atoms with E-state index in [1.807, 2.05) is 19.9 Å². The molecule has 1 amide bonds. The molecule has 1 rings (SSSR count). The fraction of sp³-hybridized carbons (Fsp3) is 0.200. The van der Waals surface area contributed by atoms with Crippen molar-refractivity contribution in [2.45, 2.75) is 13.8 Å². The molecular weight excluding hydrogens is 166 g/mol. The average Bonchev–Trinajstić information content (AvgIpc) is 2.09. The highest BCUT2D eigenvalue weighted by Gasteiger charge is 2.04. The SMILES string of the molecule is Cc1cc(C)c(NC=O)c(C=O)c1. The number of anilines is 1. The van der Waals surface area contributed by atoms with Crippen LogP contribution in [-0.4, -0.2) is 12.7 Å². The minimum absolute atomic E-state index is 0.518. The van der Waals surface area contributed by atoms with Crippen LogP contribution in [0.4, 0.5) is 5.69 Å². The van der Waals surface area contributed by atoms with Crippen molar-refractivity contribution in [2.75, 3.05) is 5.32 Å². The van der Waals surface area contributed by atoms with Crippen LogP contribution in [-0.2, 0) is 4.79 Å². The van der Waals surface area contributed by atoms with Gasteiger partial charge in [-0.15, -0.1) is 0 Å². The number of rotatable bonds is 3. The number of hydrogen-bond donors (Lipinski definition) is 1. The summed E-state index contributed by atoms with van der Waals surface area (Å²) in [7, 11) is 0. The lowest BCUT2D eigenvalue weighted by Crippen LogP contribution is -2.01. The first-order chi connectivity index (χ1) is 6.19. The summed E-state index contributed by atoms with van der Waals surface area (Å²) < 4.78 is 0. The molecule has 0 saturated heterocycles. The molecule has 0 aromatic heterocycles. The molecule has 1 aromatic rings. The topological polar surface area (TPSA) is 46.2 Å². The lowest BCUT2D eigenvalue weighted by atomic mass is 10.1. The third kappa shape index (κ3) is 1.93. The predicted octanol–water partition coefficient (Wildman–Crippen LogP) is 1.68. The van der Waals surface area contributed by atoms with Gasteiger partial charge < -0.3 is 5.32 Å². The highest BCUT2D eigenvalue weighted by atomic mass is 16.1. The monoisotopic (exact) mass is 177 g/mol. The number of benzene rings is 1. The van der Waals surface area contributed by atoms with Gasteiger partial charge in [-0.2, -0.15) is 0 Å². The molecule has 0 saturated carbocycles. The van der Waals surface area contributed by atoms with E-state index in [1.165, 1.54) is 0 Å². The molecule has 0 aliphatic carbocycles. The molecule has 0 fully saturated rings. The van der Waals surface area contributed by atoms with Gasteiger partial charge in [0.1, 0.15) is 0 Å². The Hall–Kier alpha value is -1.64. The van der Waals surface area contributed by atoms with Crippen molar-refractivity contribution < 1.29 is 9.59 Å². The molecule has 3 heteroatoms. The van der Waals surface area contributed by atoms with Gasteiger partial charge in [0.2, 0.25) is 6.41 Å². The van der Waals surface area contributed by atoms with Gasteiger partial charge in [-0.1, -0.05) is 11.6 Å². The van der Waals surface area contributed by atoms with Gasteiger partial charge in [0.15, 0.2) is 6.29 Å². The molecule has 0 heterocycles. The van der Waals surface area contributed by atoms with Crippen LogP contribution >= 0.6 is 0 Å². The minimum Gasteiger partial charge on any atom is -0.328 e. The van der Waals surface area contributed by atoms with Gasteiger partial charge in [0.05, 0.1) is 5.69 Å². The molecule has 13 heavy (non-hydrogen) atoms. The van der Waals surface area contributed by atoms with Crippen molar-refractivity contribution in [3.8, 4) is 0 Å². The second kappa shape index (κ2) is 3.85. The molecule has 0 bridgehead atoms. The summed E-state index contributed by atoms with van der Waals surface area (Å²) in [5.41, 5.74) is 3.02. The van der Waals surface area contributed by atoms with Crippen molar-refractivity contribution >= 4 is 18.4 Å². The quantitative estimate of drug-likeness (QED) is 0.714. The molecule has 0 atom stereocenters. The van der Waals surface area contributed by atoms with Crippen molar-refractivity contribution in [2.24, 2.45) is 0 Å². The Morgan fingerprint density at radius 2 is 1.92 bits per heavy atom. The molecule has 0 aliphatic rings. The highest BCUT2D eigenvalue weighted by Crippen LogP contribution is 2.20. The summed E-state index contributed by atoms with van der Waals surface area (Å²) in [6, 6.07) is 3.66. The lowest BCUT2D eigenvalue weighted by molar-refractivity contribution is -0.105. The Kier molecular flexibility index (Phi) is 2.80. The third-order valence-corrected chi connectivity index (χ3v) is 1.84. The zero-order valence-corrected chi connectivity index (χ0v) is 7.63. The molecule has 0 aliphatic heterocycles. The van der Waals surface area contributed by atoms with Crippen LogP contribution in [0, 0.1) is 13.8 Å². The van der Waals surface area contributed by atoms with Gasteiger partial charge in [-0.25, -0.2) is 0 Å². The Bertz CT molecular complexity index is 345. The van der Waals surface area contributed by atoms with Crippen LogP contribution < -0.4 is 5.32 Å². The van der Waals surface area contributed by atoms with E-state index in [1.54, 1.807) is 6.07 Å². The van der Waals surface area contributed by atoms with Gasteiger partial charge in [0, 0.05) is 5.56 Å². The maximum absolute atomic E-state index is 10.7. The van der Waals surface area contributed by atoms with Crippen LogP contribution in [0.25, 0.3) is 0 Å². The molecule has 68 valence electrons. The second-order valence-corrected chi connectivity index (χ2v) is 2.93. The fourth-order valence-electron chi connectivity index (χ4n) is 1.35. The summed E-state index contributed by atoms with van der Waals surface area (Å²) in [4.78, 5) is 20.9. The van der Waals surface area contributed by atoms with Crippen LogP contribution in [0.1, 0.15) is 21.5 Å². The molecule has 0 spiro atoms. The zero-order valence-electron chi connectivity index (χ0n) is 7.63. The Morgan fingerprint density at radius 1 is 1.23 bits per heavy atom. The number of carbonyl (C=O) groups excluding carboxylic acids is 2. The largest absolute Gasteiger partial charge is 0.328 e. The maximum atomic E-state index is 10.7. The number of nitrogens with one attached hydrogen (secondary N) is 1. The normalized spacial score (nSPS) is 9.38. The van der Waals surface area contributed by atoms with Gasteiger partial charge >= 0.3 is 0 Å². The van der Waals surface area contributed by atoms with Crippen molar-refractivity contribution in [3.05, 3.63) is 28.8 Å². The molecular formula is C10H11NO2. The van der Waals surface area contributed by atoms with E-state index in [9.17, 15) is 9.59 Å². The van der Waals surface area contributed by atoms with E-state index in [2.05, 4.69) is 5.32 Å².